The number of carbonyl (C=O) groups is 3. The van der Waals surface area contributed by atoms with Crippen molar-refractivity contribution in [3.63, 3.8) is 0 Å². The average molecular weight is 660 g/mol. The van der Waals surface area contributed by atoms with Crippen LogP contribution in [0.4, 0.5) is 5.82 Å². The SMILES string of the molecule is Cc1cc(C)n(-c2cc(OCCNC(=O)CCCC(N)=O)cc([C@H](CC(=O)O)CN3CC[C@@H](CCc4ccc5c(n4)NCCC5)C3)c2)n1. The molecule has 0 unspecified atom stereocenters. The fourth-order valence-electron chi connectivity index (χ4n) is 6.79. The van der Waals surface area contributed by atoms with Gasteiger partial charge in [-0.25, -0.2) is 9.67 Å². The van der Waals surface area contributed by atoms with Crippen molar-refractivity contribution in [1.82, 2.24) is 25.0 Å². The van der Waals surface area contributed by atoms with Crippen LogP contribution in [0.25, 0.3) is 5.69 Å². The molecule has 0 aliphatic carbocycles. The molecular formula is C36H49N7O5. The van der Waals surface area contributed by atoms with Gasteiger partial charge in [-0.1, -0.05) is 6.07 Å². The predicted molar refractivity (Wildman–Crippen MR) is 183 cm³/mol. The third-order valence-corrected chi connectivity index (χ3v) is 9.19. The van der Waals surface area contributed by atoms with Gasteiger partial charge in [-0.15, -0.1) is 0 Å². The second-order valence-corrected chi connectivity index (χ2v) is 13.2. The topological polar surface area (TPSA) is 165 Å². The summed E-state index contributed by atoms with van der Waals surface area (Å²) in [5.41, 5.74) is 11.1. The zero-order valence-electron chi connectivity index (χ0n) is 28.2. The van der Waals surface area contributed by atoms with Crippen molar-refractivity contribution >= 4 is 23.6 Å². The first kappa shape index (κ1) is 34.9. The fourth-order valence-corrected chi connectivity index (χ4v) is 6.79. The largest absolute Gasteiger partial charge is 0.492 e. The second kappa shape index (κ2) is 16.6. The number of pyridine rings is 1. The number of ether oxygens (including phenoxy) is 1. The number of nitrogens with two attached hydrogens (primary N) is 1. The van der Waals surface area contributed by atoms with E-state index >= 15 is 0 Å². The minimum absolute atomic E-state index is 0.00537. The molecule has 0 radical (unpaired) electrons. The summed E-state index contributed by atoms with van der Waals surface area (Å²) in [5, 5.41) is 20.8. The highest BCUT2D eigenvalue weighted by Crippen LogP contribution is 2.31. The number of rotatable bonds is 17. The molecule has 2 aliphatic heterocycles. The molecule has 0 bridgehead atoms. The van der Waals surface area contributed by atoms with Gasteiger partial charge in [-0.3, -0.25) is 14.4 Å². The Kier molecular flexibility index (Phi) is 12.1. The first-order valence-electron chi connectivity index (χ1n) is 17.2. The molecule has 4 heterocycles. The number of carboxylic acid groups (broad SMARTS) is 1. The van der Waals surface area contributed by atoms with Crippen molar-refractivity contribution in [2.45, 2.75) is 77.6 Å². The summed E-state index contributed by atoms with van der Waals surface area (Å²) >= 11 is 0. The molecule has 1 aromatic carbocycles. The molecule has 2 aromatic heterocycles. The lowest BCUT2D eigenvalue weighted by Gasteiger charge is -2.24. The number of hydrogen-bond acceptors (Lipinski definition) is 8. The number of primary amides is 1. The van der Waals surface area contributed by atoms with Gasteiger partial charge in [0, 0.05) is 55.8 Å². The van der Waals surface area contributed by atoms with E-state index < -0.39 is 11.9 Å². The molecular weight excluding hydrogens is 610 g/mol. The van der Waals surface area contributed by atoms with Gasteiger partial charge in [0.05, 0.1) is 24.3 Å². The lowest BCUT2D eigenvalue weighted by atomic mass is 9.94. The molecule has 3 aromatic rings. The Hall–Kier alpha value is -4.45. The van der Waals surface area contributed by atoms with Crippen LogP contribution in [0.1, 0.15) is 79.1 Å². The van der Waals surface area contributed by atoms with Crippen molar-refractivity contribution in [2.24, 2.45) is 11.7 Å². The summed E-state index contributed by atoms with van der Waals surface area (Å²) in [5.74, 6) is 0.465. The molecule has 258 valence electrons. The van der Waals surface area contributed by atoms with Crippen molar-refractivity contribution in [1.29, 1.82) is 0 Å². The van der Waals surface area contributed by atoms with Crippen LogP contribution in [0.5, 0.6) is 5.75 Å². The van der Waals surface area contributed by atoms with E-state index in [4.69, 9.17) is 15.5 Å². The van der Waals surface area contributed by atoms with E-state index in [9.17, 15) is 19.5 Å². The predicted octanol–water partition coefficient (Wildman–Crippen LogP) is 3.91. The molecule has 12 nitrogen and oxygen atoms in total. The number of aliphatic carboxylic acids is 1. The summed E-state index contributed by atoms with van der Waals surface area (Å²) in [4.78, 5) is 42.4. The second-order valence-electron chi connectivity index (χ2n) is 13.2. The van der Waals surface area contributed by atoms with Crippen LogP contribution >= 0.6 is 0 Å². The molecule has 5 rings (SSSR count). The van der Waals surface area contributed by atoms with E-state index in [0.717, 1.165) is 85.9 Å². The van der Waals surface area contributed by atoms with E-state index in [1.165, 1.54) is 5.56 Å². The van der Waals surface area contributed by atoms with Gasteiger partial charge in [0.25, 0.3) is 0 Å². The van der Waals surface area contributed by atoms with E-state index in [-0.39, 0.29) is 37.7 Å². The van der Waals surface area contributed by atoms with E-state index in [2.05, 4.69) is 32.8 Å². The van der Waals surface area contributed by atoms with Crippen LogP contribution in [0.3, 0.4) is 0 Å². The Morgan fingerprint density at radius 1 is 1.17 bits per heavy atom. The zero-order valence-corrected chi connectivity index (χ0v) is 28.2. The number of carbonyl (C=O) groups excluding carboxylic acids is 2. The zero-order chi connectivity index (χ0) is 34.0. The smallest absolute Gasteiger partial charge is 0.304 e. The summed E-state index contributed by atoms with van der Waals surface area (Å²) in [7, 11) is 0. The van der Waals surface area contributed by atoms with Gasteiger partial charge in [-0.2, -0.15) is 5.10 Å². The van der Waals surface area contributed by atoms with Gasteiger partial charge in [0.1, 0.15) is 18.2 Å². The Morgan fingerprint density at radius 2 is 2.02 bits per heavy atom. The molecule has 2 amide bonds. The lowest BCUT2D eigenvalue weighted by Crippen LogP contribution is -2.28. The lowest BCUT2D eigenvalue weighted by molar-refractivity contribution is -0.137. The Morgan fingerprint density at radius 3 is 2.79 bits per heavy atom. The molecule has 1 saturated heterocycles. The van der Waals surface area contributed by atoms with Crippen LogP contribution in [-0.4, -0.2) is 81.9 Å². The van der Waals surface area contributed by atoms with Crippen molar-refractivity contribution in [3.8, 4) is 11.4 Å². The normalized spacial score (nSPS) is 16.6. The maximum absolute atomic E-state index is 12.1. The van der Waals surface area contributed by atoms with Gasteiger partial charge >= 0.3 is 5.97 Å². The highest BCUT2D eigenvalue weighted by Gasteiger charge is 2.27. The highest BCUT2D eigenvalue weighted by atomic mass is 16.5. The minimum atomic E-state index is -0.846. The Labute approximate surface area is 282 Å². The summed E-state index contributed by atoms with van der Waals surface area (Å²) < 4.78 is 7.95. The summed E-state index contributed by atoms with van der Waals surface area (Å²) in [6, 6.07) is 12.2. The summed E-state index contributed by atoms with van der Waals surface area (Å²) in [6.45, 7) is 7.91. The number of nitrogens with one attached hydrogen (secondary N) is 2. The Bertz CT molecular complexity index is 1590. The molecule has 5 N–H and O–H groups in total. The van der Waals surface area contributed by atoms with Crippen molar-refractivity contribution in [2.75, 3.05) is 44.6 Å². The molecule has 2 aliphatic rings. The molecule has 1 fully saturated rings. The van der Waals surface area contributed by atoms with Crippen LogP contribution in [-0.2, 0) is 27.2 Å². The number of benzene rings is 1. The number of amides is 2. The number of carboxylic acids is 1. The minimum Gasteiger partial charge on any atom is -0.492 e. The van der Waals surface area contributed by atoms with Gasteiger partial charge in [-0.05, 0) is 100 Å². The maximum atomic E-state index is 12.1. The quantitative estimate of drug-likeness (QED) is 0.157. The number of aromatic nitrogens is 3. The molecule has 2 atom stereocenters. The third-order valence-electron chi connectivity index (χ3n) is 9.19. The molecule has 0 saturated carbocycles. The van der Waals surface area contributed by atoms with Crippen LogP contribution < -0.4 is 21.1 Å². The number of fused-ring (bicyclic) bond motifs is 1. The number of aryl methyl sites for hydroxylation is 4. The van der Waals surface area contributed by atoms with Crippen molar-refractivity contribution in [3.05, 3.63) is 64.6 Å². The molecule has 12 heteroatoms. The van der Waals surface area contributed by atoms with E-state index in [1.807, 2.05) is 42.8 Å². The third kappa shape index (κ3) is 10.0. The van der Waals surface area contributed by atoms with Gasteiger partial charge in [0.2, 0.25) is 11.8 Å². The highest BCUT2D eigenvalue weighted by molar-refractivity contribution is 5.77. The molecule has 48 heavy (non-hydrogen) atoms. The van der Waals surface area contributed by atoms with Crippen LogP contribution in [0, 0.1) is 19.8 Å². The average Bonchev–Trinajstić information content (AvgIpc) is 3.65. The van der Waals surface area contributed by atoms with E-state index in [0.29, 0.717) is 31.2 Å². The van der Waals surface area contributed by atoms with Gasteiger partial charge in [0.15, 0.2) is 0 Å². The number of hydrogen-bond donors (Lipinski definition) is 4. The van der Waals surface area contributed by atoms with E-state index in [1.54, 1.807) is 0 Å². The number of anilines is 1. The number of likely N-dealkylation sites (tertiary alicyclic amines) is 1. The summed E-state index contributed by atoms with van der Waals surface area (Å²) in [6.07, 6.45) is 6.10. The van der Waals surface area contributed by atoms with Gasteiger partial charge < -0.3 is 31.1 Å². The fraction of sp³-hybridized carbons (Fsp3) is 0.528. The number of nitrogens with zero attached hydrogens (tertiary/aromatic N) is 4. The monoisotopic (exact) mass is 659 g/mol. The van der Waals surface area contributed by atoms with Crippen molar-refractivity contribution < 1.29 is 24.2 Å². The first-order chi connectivity index (χ1) is 23.1. The Balaban J connectivity index is 1.24. The first-order valence-corrected chi connectivity index (χ1v) is 17.2. The molecule has 0 spiro atoms. The van der Waals surface area contributed by atoms with Crippen LogP contribution in [0.2, 0.25) is 0 Å². The maximum Gasteiger partial charge on any atom is 0.304 e. The standard InChI is InChI=1S/C36H49N7O5/c1-24-17-25(2)43(41-24)31-18-28(19-32(21-31)48-16-14-38-34(45)7-3-6-33(37)44)29(20-35(46)47)23-42-15-12-26(22-42)8-10-30-11-9-27-5-4-13-39-36(27)40-30/h9,11,17-19,21,26,29H,3-8,10,12-16,20,22-23H2,1-2H3,(H2,37,44)(H,38,45)(H,39,40)(H,46,47)/t26-,29-/m1/s1. The van der Waals surface area contributed by atoms with Crippen LogP contribution in [0.15, 0.2) is 36.4 Å².